The van der Waals surface area contributed by atoms with Gasteiger partial charge in [0.25, 0.3) is 5.91 Å². The Morgan fingerprint density at radius 2 is 2.05 bits per heavy atom. The fourth-order valence-electron chi connectivity index (χ4n) is 2.08. The highest BCUT2D eigenvalue weighted by molar-refractivity contribution is 9.10. The van der Waals surface area contributed by atoms with Crippen molar-refractivity contribution in [2.24, 2.45) is 0 Å². The summed E-state index contributed by atoms with van der Waals surface area (Å²) in [4.78, 5) is 14.2. The van der Waals surface area contributed by atoms with Crippen LogP contribution < -0.4 is 10.1 Å². The molecule has 1 heterocycles. The lowest BCUT2D eigenvalue weighted by Crippen LogP contribution is -2.43. The first-order valence-corrected chi connectivity index (χ1v) is 7.94. The van der Waals surface area contributed by atoms with Gasteiger partial charge in [-0.25, -0.2) is 0 Å². The number of benzene rings is 1. The zero-order valence-electron chi connectivity index (χ0n) is 12.2. The van der Waals surface area contributed by atoms with Crippen LogP contribution in [0, 0.1) is 0 Å². The maximum atomic E-state index is 12.0. The maximum absolute atomic E-state index is 12.0. The van der Waals surface area contributed by atoms with Crippen LogP contribution in [0.1, 0.15) is 6.92 Å². The van der Waals surface area contributed by atoms with E-state index in [9.17, 15) is 4.79 Å². The lowest BCUT2D eigenvalue weighted by atomic mass is 10.3. The number of nitrogens with one attached hydrogen (secondary N) is 1. The molecular weight excluding hydrogens is 336 g/mol. The Balaban J connectivity index is 1.68. The van der Waals surface area contributed by atoms with Gasteiger partial charge in [0.05, 0.1) is 13.2 Å². The molecule has 1 aliphatic rings. The second kappa shape index (κ2) is 8.36. The van der Waals surface area contributed by atoms with Gasteiger partial charge in [-0.2, -0.15) is 0 Å². The van der Waals surface area contributed by atoms with Gasteiger partial charge >= 0.3 is 0 Å². The third-order valence-corrected chi connectivity index (χ3v) is 3.86. The molecule has 1 saturated heterocycles. The van der Waals surface area contributed by atoms with Crippen molar-refractivity contribution in [3.8, 4) is 5.75 Å². The fraction of sp³-hybridized carbons (Fsp3) is 0.533. The topological polar surface area (TPSA) is 50.8 Å². The fourth-order valence-corrected chi connectivity index (χ4v) is 2.34. The zero-order chi connectivity index (χ0) is 15.1. The first-order chi connectivity index (χ1) is 10.1. The second-order valence-electron chi connectivity index (χ2n) is 4.96. The van der Waals surface area contributed by atoms with E-state index >= 15 is 0 Å². The Bertz CT molecular complexity index is 447. The molecule has 1 unspecified atom stereocenters. The molecule has 1 aromatic carbocycles. The van der Waals surface area contributed by atoms with Crippen molar-refractivity contribution in [2.45, 2.75) is 13.0 Å². The molecule has 1 aliphatic heterocycles. The van der Waals surface area contributed by atoms with E-state index in [1.165, 1.54) is 0 Å². The highest BCUT2D eigenvalue weighted by atomic mass is 79.9. The molecule has 116 valence electrons. The summed E-state index contributed by atoms with van der Waals surface area (Å²) in [5, 5.41) is 2.91. The number of amides is 1. The van der Waals surface area contributed by atoms with Crippen LogP contribution in [0.3, 0.4) is 0 Å². The Morgan fingerprint density at radius 1 is 1.38 bits per heavy atom. The van der Waals surface area contributed by atoms with Crippen molar-refractivity contribution in [1.82, 2.24) is 10.2 Å². The minimum atomic E-state index is -0.504. The van der Waals surface area contributed by atoms with Gasteiger partial charge in [-0.15, -0.1) is 0 Å². The quantitative estimate of drug-likeness (QED) is 0.842. The van der Waals surface area contributed by atoms with Crippen LogP contribution in [-0.2, 0) is 9.53 Å². The van der Waals surface area contributed by atoms with Crippen molar-refractivity contribution < 1.29 is 14.3 Å². The lowest BCUT2D eigenvalue weighted by Gasteiger charge is -2.26. The first kappa shape index (κ1) is 16.3. The molecule has 1 amide bonds. The van der Waals surface area contributed by atoms with E-state index < -0.39 is 6.10 Å². The SMILES string of the molecule is CC(Oc1ccc(Br)cc1)C(=O)NCCN1CCOCC1. The van der Waals surface area contributed by atoms with Crippen LogP contribution >= 0.6 is 15.9 Å². The molecule has 1 fully saturated rings. The number of hydrogen-bond donors (Lipinski definition) is 1. The van der Waals surface area contributed by atoms with Crippen LogP contribution in [-0.4, -0.2) is 56.3 Å². The minimum Gasteiger partial charge on any atom is -0.481 e. The maximum Gasteiger partial charge on any atom is 0.260 e. The van der Waals surface area contributed by atoms with Crippen LogP contribution in [0.2, 0.25) is 0 Å². The van der Waals surface area contributed by atoms with Crippen LogP contribution in [0.5, 0.6) is 5.75 Å². The molecule has 1 atom stereocenters. The summed E-state index contributed by atoms with van der Waals surface area (Å²) < 4.78 is 11.9. The molecule has 0 radical (unpaired) electrons. The second-order valence-corrected chi connectivity index (χ2v) is 5.87. The van der Waals surface area contributed by atoms with E-state index in [2.05, 4.69) is 26.1 Å². The minimum absolute atomic E-state index is 0.0915. The predicted octanol–water partition coefficient (Wildman–Crippen LogP) is 1.66. The number of rotatable bonds is 6. The molecule has 0 bridgehead atoms. The van der Waals surface area contributed by atoms with Gasteiger partial charge in [0.15, 0.2) is 6.10 Å². The number of carbonyl (C=O) groups is 1. The van der Waals surface area contributed by atoms with E-state index in [1.807, 2.05) is 24.3 Å². The van der Waals surface area contributed by atoms with Gasteiger partial charge in [0, 0.05) is 30.7 Å². The standard InChI is InChI=1S/C15H21BrN2O3/c1-12(21-14-4-2-13(16)3-5-14)15(19)17-6-7-18-8-10-20-11-9-18/h2-5,12H,6-11H2,1H3,(H,17,19). The molecule has 6 heteroatoms. The molecule has 1 N–H and O–H groups in total. The highest BCUT2D eigenvalue weighted by Gasteiger charge is 2.15. The number of morpholine rings is 1. The van der Waals surface area contributed by atoms with Gasteiger partial charge in [-0.1, -0.05) is 15.9 Å². The van der Waals surface area contributed by atoms with Crippen molar-refractivity contribution in [2.75, 3.05) is 39.4 Å². The summed E-state index contributed by atoms with van der Waals surface area (Å²) in [5.74, 6) is 0.597. The monoisotopic (exact) mass is 356 g/mol. The van der Waals surface area contributed by atoms with Crippen molar-refractivity contribution in [3.05, 3.63) is 28.7 Å². The van der Waals surface area contributed by atoms with Gasteiger partial charge in [-0.05, 0) is 31.2 Å². The van der Waals surface area contributed by atoms with Gasteiger partial charge in [0.2, 0.25) is 0 Å². The van der Waals surface area contributed by atoms with Gasteiger partial charge in [-0.3, -0.25) is 9.69 Å². The third-order valence-electron chi connectivity index (χ3n) is 3.33. The number of carbonyl (C=O) groups excluding carboxylic acids is 1. The molecule has 2 rings (SSSR count). The van der Waals surface area contributed by atoms with Gasteiger partial charge < -0.3 is 14.8 Å². The Labute approximate surface area is 133 Å². The van der Waals surface area contributed by atoms with Crippen molar-refractivity contribution in [3.63, 3.8) is 0 Å². The molecule has 0 saturated carbocycles. The summed E-state index contributed by atoms with van der Waals surface area (Å²) >= 11 is 3.36. The number of nitrogens with zero attached hydrogens (tertiary/aromatic N) is 1. The molecule has 0 spiro atoms. The summed E-state index contributed by atoms with van der Waals surface area (Å²) in [6.07, 6.45) is -0.504. The molecule has 5 nitrogen and oxygen atoms in total. The molecule has 0 aromatic heterocycles. The molecule has 21 heavy (non-hydrogen) atoms. The first-order valence-electron chi connectivity index (χ1n) is 7.15. The van der Waals surface area contributed by atoms with Crippen LogP contribution in [0.4, 0.5) is 0 Å². The molecular formula is C15H21BrN2O3. The van der Waals surface area contributed by atoms with E-state index in [0.717, 1.165) is 37.3 Å². The summed E-state index contributed by atoms with van der Waals surface area (Å²) in [7, 11) is 0. The number of ether oxygens (including phenoxy) is 2. The third kappa shape index (κ3) is 5.65. The zero-order valence-corrected chi connectivity index (χ0v) is 13.8. The number of halogens is 1. The normalized spacial score (nSPS) is 17.2. The van der Waals surface area contributed by atoms with Crippen LogP contribution in [0.15, 0.2) is 28.7 Å². The number of hydrogen-bond acceptors (Lipinski definition) is 4. The summed E-state index contributed by atoms with van der Waals surface area (Å²) in [5.41, 5.74) is 0. The van der Waals surface area contributed by atoms with E-state index in [-0.39, 0.29) is 5.91 Å². The largest absolute Gasteiger partial charge is 0.481 e. The Hall–Kier alpha value is -1.11. The smallest absolute Gasteiger partial charge is 0.260 e. The Kier molecular flexibility index (Phi) is 6.48. The van der Waals surface area contributed by atoms with Crippen molar-refractivity contribution >= 4 is 21.8 Å². The van der Waals surface area contributed by atoms with Crippen molar-refractivity contribution in [1.29, 1.82) is 0 Å². The Morgan fingerprint density at radius 3 is 2.71 bits per heavy atom. The van der Waals surface area contributed by atoms with E-state index in [0.29, 0.717) is 12.3 Å². The average molecular weight is 357 g/mol. The average Bonchev–Trinajstić information content (AvgIpc) is 2.50. The predicted molar refractivity (Wildman–Crippen MR) is 84.5 cm³/mol. The summed E-state index contributed by atoms with van der Waals surface area (Å²) in [6.45, 7) is 6.65. The highest BCUT2D eigenvalue weighted by Crippen LogP contribution is 2.17. The van der Waals surface area contributed by atoms with Gasteiger partial charge in [0.1, 0.15) is 5.75 Å². The van der Waals surface area contributed by atoms with E-state index in [4.69, 9.17) is 9.47 Å². The van der Waals surface area contributed by atoms with Crippen LogP contribution in [0.25, 0.3) is 0 Å². The molecule has 0 aliphatic carbocycles. The molecule has 1 aromatic rings. The summed E-state index contributed by atoms with van der Waals surface area (Å²) in [6, 6.07) is 7.44. The van der Waals surface area contributed by atoms with E-state index in [1.54, 1.807) is 6.92 Å². The lowest BCUT2D eigenvalue weighted by molar-refractivity contribution is -0.127.